The van der Waals surface area contributed by atoms with Crippen LogP contribution in [0, 0.1) is 6.92 Å². The zero-order chi connectivity index (χ0) is 15.4. The Bertz CT molecular complexity index is 642. The third-order valence-corrected chi connectivity index (χ3v) is 5.41. The molecule has 2 aromatic rings. The fraction of sp³-hybridized carbons (Fsp3) is 0.444. The van der Waals surface area contributed by atoms with Crippen molar-refractivity contribution in [1.82, 2.24) is 14.8 Å². The molecule has 0 amide bonds. The molecular weight excluding hydrogens is 290 g/mol. The molecule has 0 saturated heterocycles. The molecule has 1 aromatic heterocycles. The van der Waals surface area contributed by atoms with Gasteiger partial charge < -0.3 is 4.57 Å². The van der Waals surface area contributed by atoms with Crippen LogP contribution < -0.4 is 0 Å². The number of aryl methyl sites for hydroxylation is 1. The smallest absolute Gasteiger partial charge is 0.191 e. The lowest BCUT2D eigenvalue weighted by Crippen LogP contribution is -2.07. The fourth-order valence-corrected chi connectivity index (χ4v) is 4.14. The Morgan fingerprint density at radius 3 is 2.77 bits per heavy atom. The first-order valence-corrected chi connectivity index (χ1v) is 8.99. The van der Waals surface area contributed by atoms with Crippen LogP contribution in [0.3, 0.4) is 0 Å². The van der Waals surface area contributed by atoms with Crippen LogP contribution in [0.5, 0.6) is 0 Å². The zero-order valence-electron chi connectivity index (χ0n) is 13.2. The predicted molar refractivity (Wildman–Crippen MR) is 92.2 cm³/mol. The summed E-state index contributed by atoms with van der Waals surface area (Å²) in [4.78, 5) is 0. The van der Waals surface area contributed by atoms with Gasteiger partial charge in [0.15, 0.2) is 5.16 Å². The molecule has 3 rings (SSSR count). The largest absolute Gasteiger partial charge is 0.302 e. The van der Waals surface area contributed by atoms with E-state index in [-0.39, 0.29) is 0 Å². The third-order valence-electron chi connectivity index (χ3n) is 4.40. The Morgan fingerprint density at radius 1 is 1.27 bits per heavy atom. The molecule has 1 heterocycles. The van der Waals surface area contributed by atoms with Gasteiger partial charge in [-0.3, -0.25) is 0 Å². The molecule has 0 N–H and O–H groups in total. The molecule has 1 saturated carbocycles. The monoisotopic (exact) mass is 313 g/mol. The molecule has 22 heavy (non-hydrogen) atoms. The Hall–Kier alpha value is -1.55. The van der Waals surface area contributed by atoms with Gasteiger partial charge in [-0.15, -0.1) is 16.8 Å². The minimum absolute atomic E-state index is 0.584. The summed E-state index contributed by atoms with van der Waals surface area (Å²) in [6.45, 7) is 6.85. The van der Waals surface area contributed by atoms with Crippen LogP contribution in [0.15, 0.2) is 42.1 Å². The molecular formula is C18H23N3S. The molecule has 1 aliphatic rings. The molecule has 116 valence electrons. The van der Waals surface area contributed by atoms with Gasteiger partial charge in [0.25, 0.3) is 0 Å². The zero-order valence-corrected chi connectivity index (χ0v) is 14.0. The number of nitrogens with zero attached hydrogens (tertiary/aromatic N) is 3. The van der Waals surface area contributed by atoms with Gasteiger partial charge in [0, 0.05) is 18.2 Å². The van der Waals surface area contributed by atoms with Gasteiger partial charge in [0.2, 0.25) is 0 Å². The molecule has 3 nitrogen and oxygen atoms in total. The lowest BCUT2D eigenvalue weighted by Gasteiger charge is -2.12. The van der Waals surface area contributed by atoms with E-state index in [4.69, 9.17) is 0 Å². The summed E-state index contributed by atoms with van der Waals surface area (Å²) in [5.41, 5.74) is 2.70. The average Bonchev–Trinajstić information content (AvgIpc) is 3.16. The molecule has 1 aliphatic carbocycles. The van der Waals surface area contributed by atoms with Gasteiger partial charge in [-0.05, 0) is 30.9 Å². The number of aromatic nitrogens is 3. The molecule has 1 aromatic carbocycles. The molecule has 4 heteroatoms. The van der Waals surface area contributed by atoms with Crippen molar-refractivity contribution >= 4 is 11.8 Å². The van der Waals surface area contributed by atoms with Crippen molar-refractivity contribution in [1.29, 1.82) is 0 Å². The van der Waals surface area contributed by atoms with Crippen LogP contribution >= 0.6 is 11.8 Å². The highest BCUT2D eigenvalue weighted by Gasteiger charge is 2.24. The highest BCUT2D eigenvalue weighted by Crippen LogP contribution is 2.35. The summed E-state index contributed by atoms with van der Waals surface area (Å²) in [6, 6.07) is 8.53. The van der Waals surface area contributed by atoms with Gasteiger partial charge in [0.1, 0.15) is 5.82 Å². The lowest BCUT2D eigenvalue weighted by molar-refractivity contribution is 0.594. The third kappa shape index (κ3) is 3.27. The second kappa shape index (κ2) is 7.14. The van der Waals surface area contributed by atoms with E-state index in [2.05, 4.69) is 52.5 Å². The minimum atomic E-state index is 0.584. The van der Waals surface area contributed by atoms with E-state index < -0.39 is 0 Å². The fourth-order valence-electron chi connectivity index (χ4n) is 3.11. The summed E-state index contributed by atoms with van der Waals surface area (Å²) in [5, 5.41) is 9.97. The summed E-state index contributed by atoms with van der Waals surface area (Å²) in [5.74, 6) is 2.68. The first kappa shape index (κ1) is 15.3. The van der Waals surface area contributed by atoms with E-state index in [0.29, 0.717) is 5.92 Å². The van der Waals surface area contributed by atoms with E-state index in [1.807, 2.05) is 6.08 Å². The first-order chi connectivity index (χ1) is 10.8. The number of hydrogen-bond acceptors (Lipinski definition) is 3. The second-order valence-corrected chi connectivity index (χ2v) is 6.88. The Morgan fingerprint density at radius 2 is 2.05 bits per heavy atom. The highest BCUT2D eigenvalue weighted by molar-refractivity contribution is 7.98. The van der Waals surface area contributed by atoms with Crippen molar-refractivity contribution in [3.8, 4) is 0 Å². The highest BCUT2D eigenvalue weighted by atomic mass is 32.2. The maximum absolute atomic E-state index is 4.50. The molecule has 0 radical (unpaired) electrons. The van der Waals surface area contributed by atoms with E-state index >= 15 is 0 Å². The van der Waals surface area contributed by atoms with Crippen molar-refractivity contribution in [3.05, 3.63) is 53.9 Å². The second-order valence-electron chi connectivity index (χ2n) is 5.94. The van der Waals surface area contributed by atoms with E-state index in [1.165, 1.54) is 36.8 Å². The molecule has 0 unspecified atom stereocenters. The van der Waals surface area contributed by atoms with Gasteiger partial charge in [-0.1, -0.05) is 54.9 Å². The molecule has 0 bridgehead atoms. The minimum Gasteiger partial charge on any atom is -0.302 e. The van der Waals surface area contributed by atoms with E-state index in [9.17, 15) is 0 Å². The Kier molecular flexibility index (Phi) is 4.98. The van der Waals surface area contributed by atoms with E-state index in [1.54, 1.807) is 11.8 Å². The van der Waals surface area contributed by atoms with Gasteiger partial charge >= 0.3 is 0 Å². The number of rotatable bonds is 6. The average molecular weight is 313 g/mol. The quantitative estimate of drug-likeness (QED) is 0.571. The van der Waals surface area contributed by atoms with Crippen LogP contribution in [-0.2, 0) is 12.3 Å². The summed E-state index contributed by atoms with van der Waals surface area (Å²) in [6.07, 6.45) is 7.07. The molecule has 1 fully saturated rings. The standard InChI is InChI=1S/C18H23N3S/c1-3-12-21-17(15-9-6-7-10-15)19-20-18(21)22-13-16-11-5-4-8-14(16)2/h3-5,8,11,15H,1,6-7,9-10,12-13H2,2H3. The van der Waals surface area contributed by atoms with Gasteiger partial charge in [-0.25, -0.2) is 0 Å². The van der Waals surface area contributed by atoms with Gasteiger partial charge in [0.05, 0.1) is 0 Å². The molecule has 0 aliphatic heterocycles. The van der Waals surface area contributed by atoms with Crippen molar-refractivity contribution in [2.24, 2.45) is 0 Å². The van der Waals surface area contributed by atoms with Crippen molar-refractivity contribution in [2.75, 3.05) is 0 Å². The Labute approximate surface area is 136 Å². The SMILES string of the molecule is C=CCn1c(SCc2ccccc2C)nnc1C1CCCC1. The normalized spacial score (nSPS) is 15.3. The summed E-state index contributed by atoms with van der Waals surface area (Å²) >= 11 is 1.78. The number of hydrogen-bond donors (Lipinski definition) is 0. The topological polar surface area (TPSA) is 30.7 Å². The maximum atomic E-state index is 4.50. The van der Waals surface area contributed by atoms with Crippen LogP contribution in [-0.4, -0.2) is 14.8 Å². The Balaban J connectivity index is 1.78. The van der Waals surface area contributed by atoms with E-state index in [0.717, 1.165) is 23.3 Å². The van der Waals surface area contributed by atoms with Crippen LogP contribution in [0.2, 0.25) is 0 Å². The van der Waals surface area contributed by atoms with Crippen molar-refractivity contribution in [2.45, 2.75) is 56.0 Å². The number of thioether (sulfide) groups is 1. The van der Waals surface area contributed by atoms with Crippen LogP contribution in [0.1, 0.15) is 48.6 Å². The maximum Gasteiger partial charge on any atom is 0.191 e. The lowest BCUT2D eigenvalue weighted by atomic mass is 10.1. The first-order valence-electron chi connectivity index (χ1n) is 8.01. The van der Waals surface area contributed by atoms with Crippen LogP contribution in [0.25, 0.3) is 0 Å². The van der Waals surface area contributed by atoms with Gasteiger partial charge in [-0.2, -0.15) is 0 Å². The summed E-state index contributed by atoms with van der Waals surface area (Å²) < 4.78 is 2.26. The van der Waals surface area contributed by atoms with Crippen molar-refractivity contribution in [3.63, 3.8) is 0 Å². The molecule has 0 atom stereocenters. The predicted octanol–water partition coefficient (Wildman–Crippen LogP) is 4.72. The summed E-state index contributed by atoms with van der Waals surface area (Å²) in [7, 11) is 0. The number of benzene rings is 1. The van der Waals surface area contributed by atoms with Crippen molar-refractivity contribution < 1.29 is 0 Å². The van der Waals surface area contributed by atoms with Crippen LogP contribution in [0.4, 0.5) is 0 Å². The molecule has 0 spiro atoms. The number of allylic oxidation sites excluding steroid dienone is 1.